The second-order valence-electron chi connectivity index (χ2n) is 7.23. The number of para-hydroxylation sites is 1. The summed E-state index contributed by atoms with van der Waals surface area (Å²) in [6.45, 7) is 3.53. The highest BCUT2D eigenvalue weighted by atomic mass is 16.5. The number of furan rings is 1. The van der Waals surface area contributed by atoms with E-state index in [1.165, 1.54) is 10.9 Å². The number of hydrogen-bond acceptors (Lipinski definition) is 6. The molecule has 0 amide bonds. The van der Waals surface area contributed by atoms with Crippen LogP contribution in [0.25, 0.3) is 10.9 Å². The molecule has 0 N–H and O–H groups in total. The highest BCUT2D eigenvalue weighted by Gasteiger charge is 2.18. The van der Waals surface area contributed by atoms with E-state index in [-0.39, 0.29) is 17.9 Å². The van der Waals surface area contributed by atoms with Crippen LogP contribution in [0.4, 0.5) is 0 Å². The Morgan fingerprint density at radius 2 is 1.94 bits per heavy atom. The molecule has 0 aliphatic carbocycles. The van der Waals surface area contributed by atoms with Gasteiger partial charge in [0.15, 0.2) is 6.61 Å². The molecule has 0 bridgehead atoms. The second kappa shape index (κ2) is 8.43. The van der Waals surface area contributed by atoms with Crippen molar-refractivity contribution in [3.63, 3.8) is 0 Å². The van der Waals surface area contributed by atoms with Crippen molar-refractivity contribution in [2.75, 3.05) is 6.61 Å². The van der Waals surface area contributed by atoms with Gasteiger partial charge in [0.1, 0.15) is 12.3 Å². The Kier molecular flexibility index (Phi) is 5.53. The fourth-order valence-corrected chi connectivity index (χ4v) is 3.51. The molecule has 3 aromatic heterocycles. The van der Waals surface area contributed by atoms with Crippen molar-refractivity contribution in [2.24, 2.45) is 0 Å². The Hall–Kier alpha value is -3.94. The first-order valence-electron chi connectivity index (χ1n) is 9.76. The number of fused-ring (bicyclic) bond motifs is 1. The van der Waals surface area contributed by atoms with Gasteiger partial charge < -0.3 is 13.7 Å². The van der Waals surface area contributed by atoms with Crippen molar-refractivity contribution in [1.82, 2.24) is 14.1 Å². The molecular formula is C23H21N3O5. The third-order valence-electron chi connectivity index (χ3n) is 5.16. The SMILES string of the molecule is Cc1cc(C(=O)COC(=O)Cn2cnc3ccccc3c2=O)c(C)n1Cc1ccco1. The number of benzene rings is 1. The fraction of sp³-hybridized carbons (Fsp3) is 0.217. The number of ketones is 1. The van der Waals surface area contributed by atoms with Crippen molar-refractivity contribution in [3.05, 3.63) is 88.1 Å². The van der Waals surface area contributed by atoms with E-state index in [0.717, 1.165) is 17.1 Å². The molecule has 0 atom stereocenters. The monoisotopic (exact) mass is 419 g/mol. The fourth-order valence-electron chi connectivity index (χ4n) is 3.51. The molecule has 8 heteroatoms. The Morgan fingerprint density at radius 1 is 1.13 bits per heavy atom. The summed E-state index contributed by atoms with van der Waals surface area (Å²) in [4.78, 5) is 41.5. The molecule has 0 aliphatic rings. The highest BCUT2D eigenvalue weighted by Crippen LogP contribution is 2.18. The maximum absolute atomic E-state index is 12.6. The average molecular weight is 419 g/mol. The summed E-state index contributed by atoms with van der Waals surface area (Å²) in [5.74, 6) is -0.213. The first kappa shape index (κ1) is 20.3. The Labute approximate surface area is 177 Å². The lowest BCUT2D eigenvalue weighted by atomic mass is 10.1. The van der Waals surface area contributed by atoms with Crippen LogP contribution < -0.4 is 5.56 Å². The normalized spacial score (nSPS) is 11.0. The number of rotatable bonds is 7. The van der Waals surface area contributed by atoms with Crippen LogP contribution >= 0.6 is 0 Å². The minimum atomic E-state index is -0.683. The molecule has 4 rings (SSSR count). The van der Waals surface area contributed by atoms with E-state index in [4.69, 9.17) is 9.15 Å². The van der Waals surface area contributed by atoms with Crippen LogP contribution in [0.5, 0.6) is 0 Å². The van der Waals surface area contributed by atoms with Crippen LogP contribution in [0, 0.1) is 13.8 Å². The predicted octanol–water partition coefficient (Wildman–Crippen LogP) is 2.88. The zero-order valence-corrected chi connectivity index (χ0v) is 17.2. The maximum atomic E-state index is 12.6. The average Bonchev–Trinajstić information content (AvgIpc) is 3.38. The highest BCUT2D eigenvalue weighted by molar-refractivity contribution is 5.99. The topological polar surface area (TPSA) is 96.3 Å². The van der Waals surface area contributed by atoms with E-state index >= 15 is 0 Å². The Balaban J connectivity index is 1.42. The maximum Gasteiger partial charge on any atom is 0.326 e. The number of Topliss-reactive ketones (excluding diaryl/α,β-unsaturated/α-hetero) is 1. The van der Waals surface area contributed by atoms with Crippen LogP contribution in [-0.2, 0) is 22.6 Å². The van der Waals surface area contributed by atoms with E-state index in [9.17, 15) is 14.4 Å². The quantitative estimate of drug-likeness (QED) is 0.338. The van der Waals surface area contributed by atoms with Gasteiger partial charge in [-0.3, -0.25) is 19.0 Å². The smallest absolute Gasteiger partial charge is 0.326 e. The molecule has 3 heterocycles. The van der Waals surface area contributed by atoms with Gasteiger partial charge in [-0.15, -0.1) is 0 Å². The standard InChI is InChI=1S/C23H21N3O5/c1-15-10-19(16(2)26(15)11-17-6-5-9-30-17)21(27)13-31-22(28)12-25-14-24-20-8-4-3-7-18(20)23(25)29/h3-10,14H,11-13H2,1-2H3. The molecule has 8 nitrogen and oxygen atoms in total. The van der Waals surface area contributed by atoms with Crippen molar-refractivity contribution in [3.8, 4) is 0 Å². The molecule has 0 unspecified atom stereocenters. The lowest BCUT2D eigenvalue weighted by molar-refractivity contribution is -0.143. The molecule has 1 aromatic carbocycles. The summed E-state index contributed by atoms with van der Waals surface area (Å²) in [6, 6.07) is 12.3. The van der Waals surface area contributed by atoms with Crippen LogP contribution in [0.3, 0.4) is 0 Å². The molecule has 0 aliphatic heterocycles. The zero-order valence-electron chi connectivity index (χ0n) is 17.2. The van der Waals surface area contributed by atoms with Crippen LogP contribution in [0.15, 0.2) is 64.3 Å². The summed E-state index contributed by atoms with van der Waals surface area (Å²) in [5, 5.41) is 0.415. The lowest BCUT2D eigenvalue weighted by Crippen LogP contribution is -2.26. The van der Waals surface area contributed by atoms with Crippen LogP contribution in [-0.4, -0.2) is 32.5 Å². The number of hydrogen-bond donors (Lipinski definition) is 0. The number of esters is 1. The van der Waals surface area contributed by atoms with Crippen molar-refractivity contribution < 1.29 is 18.7 Å². The van der Waals surface area contributed by atoms with Crippen molar-refractivity contribution >= 4 is 22.7 Å². The molecule has 0 radical (unpaired) electrons. The molecule has 0 saturated carbocycles. The Morgan fingerprint density at radius 3 is 2.71 bits per heavy atom. The summed E-state index contributed by atoms with van der Waals surface area (Å²) in [6.07, 6.45) is 2.90. The van der Waals surface area contributed by atoms with Crippen molar-refractivity contribution in [2.45, 2.75) is 26.9 Å². The van der Waals surface area contributed by atoms with Gasteiger partial charge in [0.25, 0.3) is 5.56 Å². The third kappa shape index (κ3) is 4.18. The van der Waals surface area contributed by atoms with Crippen LogP contribution in [0.1, 0.15) is 27.5 Å². The van der Waals surface area contributed by atoms with Gasteiger partial charge in [-0.1, -0.05) is 12.1 Å². The van der Waals surface area contributed by atoms with E-state index in [0.29, 0.717) is 23.0 Å². The number of ether oxygens (including phenoxy) is 1. The molecule has 0 saturated heterocycles. The van der Waals surface area contributed by atoms with E-state index in [1.54, 1.807) is 36.6 Å². The minimum Gasteiger partial charge on any atom is -0.467 e. The first-order chi connectivity index (χ1) is 14.9. The van der Waals surface area contributed by atoms with E-state index in [2.05, 4.69) is 4.98 Å². The third-order valence-corrected chi connectivity index (χ3v) is 5.16. The summed E-state index contributed by atoms with van der Waals surface area (Å²) >= 11 is 0. The van der Waals surface area contributed by atoms with Crippen LogP contribution in [0.2, 0.25) is 0 Å². The van der Waals surface area contributed by atoms with Gasteiger partial charge in [0.2, 0.25) is 5.78 Å². The lowest BCUT2D eigenvalue weighted by Gasteiger charge is -2.09. The molecule has 0 fully saturated rings. The molecule has 4 aromatic rings. The summed E-state index contributed by atoms with van der Waals surface area (Å²) in [5.41, 5.74) is 2.37. The molecule has 31 heavy (non-hydrogen) atoms. The summed E-state index contributed by atoms with van der Waals surface area (Å²) < 4.78 is 13.7. The summed E-state index contributed by atoms with van der Waals surface area (Å²) in [7, 11) is 0. The minimum absolute atomic E-state index is 0.309. The van der Waals surface area contributed by atoms with Gasteiger partial charge >= 0.3 is 5.97 Å². The zero-order chi connectivity index (χ0) is 22.0. The van der Waals surface area contributed by atoms with Gasteiger partial charge in [-0.2, -0.15) is 0 Å². The molecule has 158 valence electrons. The largest absolute Gasteiger partial charge is 0.467 e. The predicted molar refractivity (Wildman–Crippen MR) is 113 cm³/mol. The molecular weight excluding hydrogens is 398 g/mol. The Bertz CT molecular complexity index is 1310. The van der Waals surface area contributed by atoms with E-state index < -0.39 is 12.6 Å². The number of aryl methyl sites for hydroxylation is 1. The second-order valence-corrected chi connectivity index (χ2v) is 7.23. The molecule has 0 spiro atoms. The van der Waals surface area contributed by atoms with Gasteiger partial charge in [-0.05, 0) is 44.2 Å². The van der Waals surface area contributed by atoms with Gasteiger partial charge in [0, 0.05) is 17.0 Å². The van der Waals surface area contributed by atoms with Crippen molar-refractivity contribution in [1.29, 1.82) is 0 Å². The van der Waals surface area contributed by atoms with Gasteiger partial charge in [-0.25, -0.2) is 4.98 Å². The number of nitrogens with zero attached hydrogens (tertiary/aromatic N) is 3. The number of carbonyl (C=O) groups is 2. The number of aromatic nitrogens is 3. The van der Waals surface area contributed by atoms with E-state index in [1.807, 2.05) is 30.5 Å². The first-order valence-corrected chi connectivity index (χ1v) is 9.76. The number of carbonyl (C=O) groups excluding carboxylic acids is 2. The van der Waals surface area contributed by atoms with Gasteiger partial charge in [0.05, 0.1) is 30.0 Å².